The zero-order valence-electron chi connectivity index (χ0n) is 15.8. The van der Waals surface area contributed by atoms with Gasteiger partial charge in [-0.1, -0.05) is 6.07 Å². The summed E-state index contributed by atoms with van der Waals surface area (Å²) in [4.78, 5) is 28.4. The summed E-state index contributed by atoms with van der Waals surface area (Å²) in [6.45, 7) is 4.68. The number of nitrogens with zero attached hydrogens (tertiary/aromatic N) is 5. The van der Waals surface area contributed by atoms with Gasteiger partial charge in [-0.15, -0.1) is 0 Å². The van der Waals surface area contributed by atoms with E-state index < -0.39 is 0 Å². The Kier molecular flexibility index (Phi) is 4.38. The minimum absolute atomic E-state index is 0.0386. The van der Waals surface area contributed by atoms with E-state index in [2.05, 4.69) is 19.8 Å². The molecular weight excluding hydrogens is 354 g/mol. The highest BCUT2D eigenvalue weighted by Crippen LogP contribution is 2.39. The number of likely N-dealkylation sites (tertiary alicyclic amines) is 1. The number of aromatic nitrogens is 2. The monoisotopic (exact) mass is 379 g/mol. The van der Waals surface area contributed by atoms with Crippen LogP contribution in [0.3, 0.4) is 0 Å². The Hall–Kier alpha value is -2.35. The Labute approximate surface area is 164 Å². The maximum atomic E-state index is 13.1. The number of pyridine rings is 2. The molecule has 2 aromatic rings. The standard InChI is InChI=1S/C21H25N5O2/c27-19-8-18-11-25(20(28)16-4-3-6-22-9-16)15-21(26(18)12-19)13-24(14-21)10-17-5-1-2-7-23-17/h1-7,9,18-19,27H,8,10-15H2. The van der Waals surface area contributed by atoms with Crippen LogP contribution in [0.15, 0.2) is 48.9 Å². The molecule has 2 aromatic heterocycles. The zero-order valence-corrected chi connectivity index (χ0v) is 15.8. The summed E-state index contributed by atoms with van der Waals surface area (Å²) in [5.41, 5.74) is 1.62. The molecule has 28 heavy (non-hydrogen) atoms. The van der Waals surface area contributed by atoms with E-state index in [1.54, 1.807) is 18.5 Å². The summed E-state index contributed by atoms with van der Waals surface area (Å²) in [5, 5.41) is 10.3. The predicted molar refractivity (Wildman–Crippen MR) is 104 cm³/mol. The van der Waals surface area contributed by atoms with E-state index in [1.807, 2.05) is 35.4 Å². The summed E-state index contributed by atoms with van der Waals surface area (Å²) in [7, 11) is 0. The molecular formula is C21H25N5O2. The van der Waals surface area contributed by atoms with E-state index in [-0.39, 0.29) is 23.6 Å². The van der Waals surface area contributed by atoms with Crippen LogP contribution in [-0.2, 0) is 6.54 Å². The van der Waals surface area contributed by atoms with Gasteiger partial charge in [0.05, 0.1) is 22.9 Å². The molecule has 3 fully saturated rings. The van der Waals surface area contributed by atoms with Gasteiger partial charge in [0.25, 0.3) is 5.91 Å². The largest absolute Gasteiger partial charge is 0.392 e. The quantitative estimate of drug-likeness (QED) is 0.843. The van der Waals surface area contributed by atoms with E-state index in [4.69, 9.17) is 0 Å². The van der Waals surface area contributed by atoms with Gasteiger partial charge in [0.2, 0.25) is 0 Å². The third-order valence-corrected chi connectivity index (χ3v) is 6.26. The summed E-state index contributed by atoms with van der Waals surface area (Å²) < 4.78 is 0. The predicted octanol–water partition coefficient (Wildman–Crippen LogP) is 0.622. The molecule has 1 amide bonds. The van der Waals surface area contributed by atoms with Crippen LogP contribution in [0, 0.1) is 0 Å². The molecule has 0 radical (unpaired) electrons. The average molecular weight is 379 g/mol. The topological polar surface area (TPSA) is 72.8 Å². The van der Waals surface area contributed by atoms with E-state index in [0.717, 1.165) is 31.7 Å². The molecule has 3 saturated heterocycles. The summed E-state index contributed by atoms with van der Waals surface area (Å²) in [6.07, 6.45) is 5.58. The van der Waals surface area contributed by atoms with Crippen molar-refractivity contribution in [1.82, 2.24) is 24.7 Å². The third kappa shape index (κ3) is 3.09. The number of rotatable bonds is 3. The number of carbonyl (C=O) groups is 1. The molecule has 0 aliphatic carbocycles. The van der Waals surface area contributed by atoms with Gasteiger partial charge in [0, 0.05) is 63.9 Å². The van der Waals surface area contributed by atoms with Crippen LogP contribution in [0.5, 0.6) is 0 Å². The first kappa shape index (κ1) is 17.7. The van der Waals surface area contributed by atoms with E-state index in [1.165, 1.54) is 0 Å². The van der Waals surface area contributed by atoms with Gasteiger partial charge in [-0.25, -0.2) is 0 Å². The second-order valence-electron chi connectivity index (χ2n) is 8.31. The Morgan fingerprint density at radius 2 is 2.04 bits per heavy atom. The van der Waals surface area contributed by atoms with Crippen LogP contribution >= 0.6 is 0 Å². The SMILES string of the molecule is O=C(c1cccnc1)N1CC2CC(O)CN2C2(CN(Cc3ccccn3)C2)C1. The van der Waals surface area contributed by atoms with Crippen LogP contribution in [0.1, 0.15) is 22.5 Å². The van der Waals surface area contributed by atoms with Gasteiger partial charge >= 0.3 is 0 Å². The molecule has 2 atom stereocenters. The lowest BCUT2D eigenvalue weighted by Gasteiger charge is -2.61. The minimum atomic E-state index is -0.305. The smallest absolute Gasteiger partial charge is 0.255 e. The van der Waals surface area contributed by atoms with E-state index >= 15 is 0 Å². The van der Waals surface area contributed by atoms with Gasteiger partial charge in [-0.3, -0.25) is 24.6 Å². The fraction of sp³-hybridized carbons (Fsp3) is 0.476. The number of β-amino-alcohol motifs (C(OH)–C–C–N with tert-alkyl or cyclic N) is 1. The Morgan fingerprint density at radius 1 is 1.14 bits per heavy atom. The molecule has 0 saturated carbocycles. The van der Waals surface area contributed by atoms with Crippen molar-refractivity contribution in [3.05, 3.63) is 60.2 Å². The van der Waals surface area contributed by atoms with Crippen molar-refractivity contribution in [2.75, 3.05) is 32.7 Å². The second kappa shape index (κ2) is 6.92. The van der Waals surface area contributed by atoms with Gasteiger partial charge in [-0.05, 0) is 30.7 Å². The first-order valence-electron chi connectivity index (χ1n) is 9.89. The van der Waals surface area contributed by atoms with E-state index in [9.17, 15) is 9.90 Å². The van der Waals surface area contributed by atoms with Crippen LogP contribution in [-0.4, -0.2) is 86.1 Å². The number of amides is 1. The number of piperazine rings is 1. The maximum Gasteiger partial charge on any atom is 0.255 e. The Morgan fingerprint density at radius 3 is 2.79 bits per heavy atom. The van der Waals surface area contributed by atoms with E-state index in [0.29, 0.717) is 25.2 Å². The Balaban J connectivity index is 1.34. The maximum absolute atomic E-state index is 13.1. The number of hydrogen-bond acceptors (Lipinski definition) is 6. The normalized spacial score (nSPS) is 26.8. The molecule has 2 unspecified atom stereocenters. The summed E-state index contributed by atoms with van der Waals surface area (Å²) in [6, 6.07) is 9.84. The first-order valence-corrected chi connectivity index (χ1v) is 9.89. The van der Waals surface area contributed by atoms with Crippen molar-refractivity contribution in [3.63, 3.8) is 0 Å². The number of carbonyl (C=O) groups excluding carboxylic acids is 1. The van der Waals surface area contributed by atoms with Gasteiger partial charge in [-0.2, -0.15) is 0 Å². The van der Waals surface area contributed by atoms with Gasteiger partial charge in [0.15, 0.2) is 0 Å². The van der Waals surface area contributed by atoms with Crippen LogP contribution < -0.4 is 0 Å². The third-order valence-electron chi connectivity index (χ3n) is 6.26. The highest BCUT2D eigenvalue weighted by molar-refractivity contribution is 5.94. The molecule has 7 nitrogen and oxygen atoms in total. The van der Waals surface area contributed by atoms with Crippen molar-refractivity contribution < 1.29 is 9.90 Å². The van der Waals surface area contributed by atoms with Crippen molar-refractivity contribution in [2.24, 2.45) is 0 Å². The van der Waals surface area contributed by atoms with Crippen molar-refractivity contribution in [3.8, 4) is 0 Å². The fourth-order valence-electron chi connectivity index (χ4n) is 5.14. The van der Waals surface area contributed by atoms with Crippen LogP contribution in [0.4, 0.5) is 0 Å². The highest BCUT2D eigenvalue weighted by atomic mass is 16.3. The number of aliphatic hydroxyl groups is 1. The molecule has 3 aliphatic rings. The molecule has 1 spiro atoms. The summed E-state index contributed by atoms with van der Waals surface area (Å²) >= 11 is 0. The molecule has 0 bridgehead atoms. The Bertz CT molecular complexity index is 840. The molecule has 7 heteroatoms. The number of fused-ring (bicyclic) bond motifs is 2. The zero-order chi connectivity index (χ0) is 19.1. The number of aliphatic hydroxyl groups excluding tert-OH is 1. The van der Waals surface area contributed by atoms with Crippen LogP contribution in [0.25, 0.3) is 0 Å². The lowest BCUT2D eigenvalue weighted by molar-refractivity contribution is -0.108. The van der Waals surface area contributed by atoms with Crippen molar-refractivity contribution in [2.45, 2.75) is 30.7 Å². The van der Waals surface area contributed by atoms with Crippen molar-refractivity contribution in [1.29, 1.82) is 0 Å². The van der Waals surface area contributed by atoms with Crippen LogP contribution in [0.2, 0.25) is 0 Å². The molecule has 1 N–H and O–H groups in total. The van der Waals surface area contributed by atoms with Gasteiger partial charge < -0.3 is 10.0 Å². The number of hydrogen-bond donors (Lipinski definition) is 1. The highest BCUT2D eigenvalue weighted by Gasteiger charge is 2.56. The lowest BCUT2D eigenvalue weighted by Crippen LogP contribution is -2.78. The molecule has 0 aromatic carbocycles. The lowest BCUT2D eigenvalue weighted by atomic mass is 9.83. The first-order chi connectivity index (χ1) is 13.6. The minimum Gasteiger partial charge on any atom is -0.392 e. The van der Waals surface area contributed by atoms with Gasteiger partial charge in [0.1, 0.15) is 0 Å². The molecule has 5 heterocycles. The molecule has 146 valence electrons. The summed E-state index contributed by atoms with van der Waals surface area (Å²) in [5.74, 6) is 0.0386. The second-order valence-corrected chi connectivity index (χ2v) is 8.31. The molecule has 5 rings (SSSR count). The fourth-order valence-corrected chi connectivity index (χ4v) is 5.14. The average Bonchev–Trinajstić information content (AvgIpc) is 3.08. The molecule has 3 aliphatic heterocycles. The van der Waals surface area contributed by atoms with Crippen molar-refractivity contribution >= 4 is 5.91 Å².